The number of phenols is 1. The number of hydrogen-bond donors (Lipinski definition) is 2. The van der Waals surface area contributed by atoms with Gasteiger partial charge in [0.1, 0.15) is 5.75 Å². The number of hydrogen-bond acceptors (Lipinski definition) is 5. The summed E-state index contributed by atoms with van der Waals surface area (Å²) in [6, 6.07) is 5.13. The highest BCUT2D eigenvalue weighted by atomic mass is 79.9. The van der Waals surface area contributed by atoms with E-state index >= 15 is 0 Å². The summed E-state index contributed by atoms with van der Waals surface area (Å²) in [5, 5.41) is 19.5. The lowest BCUT2D eigenvalue weighted by Gasteiger charge is -2.49. The summed E-state index contributed by atoms with van der Waals surface area (Å²) >= 11 is 3.38. The Kier molecular flexibility index (Phi) is 5.84. The third kappa shape index (κ3) is 4.39. The van der Waals surface area contributed by atoms with Crippen molar-refractivity contribution in [2.75, 3.05) is 6.54 Å². The molecule has 0 spiro atoms. The Morgan fingerprint density at radius 3 is 1.97 bits per heavy atom. The molecule has 33 heavy (non-hydrogen) atoms. The maximum Gasteiger partial charge on any atom is 0.305 e. The Hall–Kier alpha value is -2.41. The minimum absolute atomic E-state index is 0.0000406. The molecule has 0 radical (unpaired) electrons. The van der Waals surface area contributed by atoms with E-state index in [1.165, 1.54) is 0 Å². The number of carbonyl (C=O) groups is 3. The number of phenolic OH excluding ortho intramolecular Hbond substituents is 1. The molecule has 1 aliphatic heterocycles. The van der Waals surface area contributed by atoms with Gasteiger partial charge in [0, 0.05) is 47.8 Å². The molecular weight excluding hydrogens is 486 g/mol. The Bertz CT molecular complexity index is 1070. The molecule has 4 rings (SSSR count). The number of halogens is 1. The quantitative estimate of drug-likeness (QED) is 0.563. The highest BCUT2D eigenvalue weighted by Gasteiger charge is 2.48. The van der Waals surface area contributed by atoms with Crippen molar-refractivity contribution >= 4 is 33.5 Å². The van der Waals surface area contributed by atoms with Crippen LogP contribution in [0.1, 0.15) is 71.3 Å². The Morgan fingerprint density at radius 2 is 1.52 bits per heavy atom. The molecule has 3 aliphatic rings. The van der Waals surface area contributed by atoms with Crippen molar-refractivity contribution in [2.45, 2.75) is 65.7 Å². The van der Waals surface area contributed by atoms with E-state index in [9.17, 15) is 24.6 Å². The van der Waals surface area contributed by atoms with Gasteiger partial charge in [0.15, 0.2) is 11.6 Å². The second kappa shape index (κ2) is 8.12. The number of ketones is 2. The number of carboxylic acid groups (broad SMARTS) is 1. The van der Waals surface area contributed by atoms with Gasteiger partial charge in [-0.3, -0.25) is 14.4 Å². The molecule has 0 amide bonds. The molecule has 6 nitrogen and oxygen atoms in total. The van der Waals surface area contributed by atoms with Gasteiger partial charge in [-0.15, -0.1) is 0 Å². The van der Waals surface area contributed by atoms with E-state index in [4.69, 9.17) is 0 Å². The highest BCUT2D eigenvalue weighted by molar-refractivity contribution is 9.10. The Balaban J connectivity index is 1.99. The average Bonchev–Trinajstić information content (AvgIpc) is 2.66. The van der Waals surface area contributed by atoms with Crippen LogP contribution in [0.5, 0.6) is 5.75 Å². The lowest BCUT2D eigenvalue weighted by atomic mass is 9.63. The van der Waals surface area contributed by atoms with Crippen LogP contribution in [-0.4, -0.2) is 39.2 Å². The zero-order chi connectivity index (χ0) is 24.3. The first kappa shape index (κ1) is 23.7. The zero-order valence-corrected chi connectivity index (χ0v) is 21.1. The van der Waals surface area contributed by atoms with Crippen LogP contribution in [-0.2, 0) is 14.4 Å². The van der Waals surface area contributed by atoms with Crippen LogP contribution in [0.2, 0.25) is 0 Å². The molecule has 1 aromatic rings. The summed E-state index contributed by atoms with van der Waals surface area (Å²) in [5.41, 5.74) is 3.15. The van der Waals surface area contributed by atoms with Crippen molar-refractivity contribution in [1.29, 1.82) is 0 Å². The molecular formula is C26H30BrNO5. The van der Waals surface area contributed by atoms with Crippen molar-refractivity contribution in [3.8, 4) is 5.75 Å². The van der Waals surface area contributed by atoms with Crippen LogP contribution >= 0.6 is 15.9 Å². The first-order chi connectivity index (χ1) is 15.3. The van der Waals surface area contributed by atoms with Gasteiger partial charge in [0.2, 0.25) is 0 Å². The fourth-order valence-corrected chi connectivity index (χ4v) is 5.96. The summed E-state index contributed by atoms with van der Waals surface area (Å²) in [5.74, 6) is -1.33. The first-order valence-corrected chi connectivity index (χ1v) is 12.1. The molecule has 0 atom stereocenters. The fraction of sp³-hybridized carbons (Fsp3) is 0.500. The topological polar surface area (TPSA) is 94.9 Å². The van der Waals surface area contributed by atoms with E-state index in [0.717, 1.165) is 17.0 Å². The van der Waals surface area contributed by atoms with E-state index in [2.05, 4.69) is 43.6 Å². The minimum Gasteiger partial charge on any atom is -0.507 e. The molecule has 0 saturated carbocycles. The second-order valence-electron chi connectivity index (χ2n) is 11.0. The molecule has 2 aliphatic carbocycles. The number of allylic oxidation sites excluding steroid dienone is 4. The molecule has 176 valence electrons. The van der Waals surface area contributed by atoms with Crippen LogP contribution in [0.3, 0.4) is 0 Å². The van der Waals surface area contributed by atoms with Crippen molar-refractivity contribution in [3.63, 3.8) is 0 Å². The van der Waals surface area contributed by atoms with Crippen LogP contribution in [0, 0.1) is 10.8 Å². The average molecular weight is 516 g/mol. The third-order valence-electron chi connectivity index (χ3n) is 6.88. The number of carboxylic acids is 1. The fourth-order valence-electron chi connectivity index (χ4n) is 5.56. The number of aromatic hydroxyl groups is 1. The van der Waals surface area contributed by atoms with Gasteiger partial charge in [0.25, 0.3) is 0 Å². The van der Waals surface area contributed by atoms with Gasteiger partial charge in [0.05, 0.1) is 10.9 Å². The second-order valence-corrected chi connectivity index (χ2v) is 11.9. The largest absolute Gasteiger partial charge is 0.507 e. The predicted molar refractivity (Wildman–Crippen MR) is 128 cm³/mol. The monoisotopic (exact) mass is 515 g/mol. The van der Waals surface area contributed by atoms with Crippen LogP contribution < -0.4 is 0 Å². The zero-order valence-electron chi connectivity index (χ0n) is 19.5. The lowest BCUT2D eigenvalue weighted by Crippen LogP contribution is -2.45. The van der Waals surface area contributed by atoms with E-state index in [1.54, 1.807) is 18.2 Å². The molecule has 2 N–H and O–H groups in total. The SMILES string of the molecule is CC1(C)CC(=O)C2=C(C1)N(CCC(=O)O)C1=C(C(=O)CC(C)(C)C1)C2c1ccc(O)c(Br)c1. The maximum absolute atomic E-state index is 13.6. The summed E-state index contributed by atoms with van der Waals surface area (Å²) in [4.78, 5) is 40.6. The molecule has 1 heterocycles. The van der Waals surface area contributed by atoms with Crippen LogP contribution in [0.15, 0.2) is 45.2 Å². The summed E-state index contributed by atoms with van der Waals surface area (Å²) < 4.78 is 0.504. The molecule has 7 heteroatoms. The van der Waals surface area contributed by atoms with Crippen LogP contribution in [0.4, 0.5) is 0 Å². The number of rotatable bonds is 4. The van der Waals surface area contributed by atoms with Crippen molar-refractivity contribution in [3.05, 3.63) is 50.8 Å². The van der Waals surface area contributed by atoms with Crippen molar-refractivity contribution < 1.29 is 24.6 Å². The number of nitrogens with zero attached hydrogens (tertiary/aromatic N) is 1. The van der Waals surface area contributed by atoms with Crippen molar-refractivity contribution in [1.82, 2.24) is 4.90 Å². The van der Waals surface area contributed by atoms with E-state index in [-0.39, 0.29) is 41.1 Å². The lowest BCUT2D eigenvalue weighted by molar-refractivity contribution is -0.137. The summed E-state index contributed by atoms with van der Waals surface area (Å²) in [6.07, 6.45) is 1.93. The smallest absolute Gasteiger partial charge is 0.305 e. The number of Topliss-reactive ketones (excluding diaryl/α,β-unsaturated/α-hetero) is 2. The van der Waals surface area contributed by atoms with Gasteiger partial charge in [-0.25, -0.2) is 0 Å². The van der Waals surface area contributed by atoms with E-state index in [0.29, 0.717) is 41.3 Å². The third-order valence-corrected chi connectivity index (χ3v) is 7.51. The molecule has 0 unspecified atom stereocenters. The molecule has 0 aromatic heterocycles. The van der Waals surface area contributed by atoms with E-state index < -0.39 is 11.9 Å². The minimum atomic E-state index is -0.910. The van der Waals surface area contributed by atoms with Crippen LogP contribution in [0.25, 0.3) is 0 Å². The number of benzene rings is 1. The maximum atomic E-state index is 13.6. The Morgan fingerprint density at radius 1 is 1.00 bits per heavy atom. The highest BCUT2D eigenvalue weighted by Crippen LogP contribution is 2.54. The summed E-state index contributed by atoms with van der Waals surface area (Å²) in [6.45, 7) is 8.43. The van der Waals surface area contributed by atoms with Gasteiger partial charge >= 0.3 is 5.97 Å². The van der Waals surface area contributed by atoms with Gasteiger partial charge in [-0.1, -0.05) is 33.8 Å². The van der Waals surface area contributed by atoms with E-state index in [1.807, 2.05) is 4.90 Å². The number of carbonyl (C=O) groups excluding carboxylic acids is 2. The molecule has 1 aromatic carbocycles. The first-order valence-electron chi connectivity index (χ1n) is 11.3. The summed E-state index contributed by atoms with van der Waals surface area (Å²) in [7, 11) is 0. The normalized spacial score (nSPS) is 22.4. The molecule has 0 bridgehead atoms. The van der Waals surface area contributed by atoms with Crippen molar-refractivity contribution in [2.24, 2.45) is 10.8 Å². The molecule has 0 saturated heterocycles. The van der Waals surface area contributed by atoms with Gasteiger partial charge < -0.3 is 15.1 Å². The van der Waals surface area contributed by atoms with Gasteiger partial charge in [-0.05, 0) is 57.3 Å². The number of aliphatic carboxylic acids is 1. The standard InChI is InChI=1S/C26H30BrNO5/c1-25(2)10-16-23(19(30)12-25)22(14-5-6-18(29)15(27)9-14)24-17(28(16)8-7-21(32)33)11-26(3,4)13-20(24)31/h5-6,9,22,29H,7-8,10-13H2,1-4H3,(H,32,33). The Labute approximate surface area is 202 Å². The predicted octanol–water partition coefficient (Wildman–Crippen LogP) is 5.32. The molecule has 0 fully saturated rings. The van der Waals surface area contributed by atoms with Gasteiger partial charge in [-0.2, -0.15) is 0 Å².